The third-order valence-electron chi connectivity index (χ3n) is 2.53. The van der Waals surface area contributed by atoms with Gasteiger partial charge >= 0.3 is 5.97 Å². The summed E-state index contributed by atoms with van der Waals surface area (Å²) in [5, 5.41) is 11.5. The maximum atomic E-state index is 11.6. The first-order valence-corrected chi connectivity index (χ1v) is 6.08. The van der Waals surface area contributed by atoms with Crippen molar-refractivity contribution in [3.05, 3.63) is 11.9 Å². The van der Waals surface area contributed by atoms with E-state index in [1.807, 2.05) is 13.8 Å². The van der Waals surface area contributed by atoms with E-state index in [4.69, 9.17) is 5.11 Å². The number of hydrogen-bond acceptors (Lipinski definition) is 5. The van der Waals surface area contributed by atoms with E-state index in [9.17, 15) is 9.59 Å². The summed E-state index contributed by atoms with van der Waals surface area (Å²) in [6, 6.07) is -0.876. The molecule has 1 heterocycles. The number of hydrogen-bond donors (Lipinski definition) is 2. The Hall–Kier alpha value is -1.50. The van der Waals surface area contributed by atoms with Crippen molar-refractivity contribution in [1.29, 1.82) is 0 Å². The number of carboxylic acids is 1. The van der Waals surface area contributed by atoms with Gasteiger partial charge in [-0.25, -0.2) is 4.79 Å². The molecule has 1 rings (SSSR count). The second-order valence-electron chi connectivity index (χ2n) is 3.91. The van der Waals surface area contributed by atoms with Crippen LogP contribution in [0.5, 0.6) is 0 Å². The maximum Gasteiger partial charge on any atom is 0.326 e. The molecule has 0 spiro atoms. The van der Waals surface area contributed by atoms with Gasteiger partial charge in [0, 0.05) is 0 Å². The van der Waals surface area contributed by atoms with Crippen LogP contribution < -0.4 is 5.32 Å². The molecule has 0 aliphatic carbocycles. The summed E-state index contributed by atoms with van der Waals surface area (Å²) >= 11 is 0.914. The van der Waals surface area contributed by atoms with Crippen LogP contribution >= 0.6 is 11.7 Å². The molecule has 0 saturated heterocycles. The molecule has 7 heteroatoms. The highest BCUT2D eigenvalue weighted by atomic mass is 32.1. The van der Waals surface area contributed by atoms with E-state index in [0.717, 1.165) is 18.1 Å². The first kappa shape index (κ1) is 13.6. The molecule has 0 aromatic carbocycles. The number of aliphatic carboxylic acids is 1. The Bertz CT molecular complexity index is 380. The molecule has 0 saturated carbocycles. The molecule has 0 aliphatic rings. The molecule has 2 N–H and O–H groups in total. The van der Waals surface area contributed by atoms with E-state index in [1.165, 1.54) is 6.20 Å². The van der Waals surface area contributed by atoms with Gasteiger partial charge in [-0.15, -0.1) is 0 Å². The summed E-state index contributed by atoms with van der Waals surface area (Å²) in [6.45, 7) is 3.93. The minimum absolute atomic E-state index is 0.158. The minimum Gasteiger partial charge on any atom is -0.480 e. The Morgan fingerprint density at radius 1 is 1.59 bits per heavy atom. The fraction of sp³-hybridized carbons (Fsp3) is 0.600. The van der Waals surface area contributed by atoms with Crippen molar-refractivity contribution in [3.63, 3.8) is 0 Å². The summed E-state index contributed by atoms with van der Waals surface area (Å²) in [4.78, 5) is 22.6. The van der Waals surface area contributed by atoms with Crippen molar-refractivity contribution < 1.29 is 14.7 Å². The minimum atomic E-state index is -1.03. The van der Waals surface area contributed by atoms with Crippen LogP contribution in [0, 0.1) is 5.92 Å². The highest BCUT2D eigenvalue weighted by Gasteiger charge is 2.23. The smallest absolute Gasteiger partial charge is 0.326 e. The van der Waals surface area contributed by atoms with Crippen LogP contribution in [-0.2, 0) is 4.79 Å². The SMILES string of the molecule is CCC(C)CC(NC(=O)c1cnsn1)C(=O)O. The lowest BCUT2D eigenvalue weighted by molar-refractivity contribution is -0.139. The molecule has 0 aliphatic heterocycles. The van der Waals surface area contributed by atoms with Gasteiger partial charge in [0.15, 0.2) is 5.69 Å². The fourth-order valence-corrected chi connectivity index (χ4v) is 1.70. The molecule has 0 bridgehead atoms. The van der Waals surface area contributed by atoms with Gasteiger partial charge in [0.2, 0.25) is 0 Å². The number of nitrogens with zero attached hydrogens (tertiary/aromatic N) is 2. The zero-order valence-electron chi connectivity index (χ0n) is 9.71. The second kappa shape index (κ2) is 6.29. The van der Waals surface area contributed by atoms with Gasteiger partial charge in [0.25, 0.3) is 5.91 Å². The summed E-state index contributed by atoms with van der Waals surface area (Å²) in [5.41, 5.74) is 0.158. The molecule has 0 fully saturated rings. The van der Waals surface area contributed by atoms with Gasteiger partial charge in [-0.3, -0.25) is 4.79 Å². The third-order valence-corrected chi connectivity index (χ3v) is 3.01. The number of nitrogens with one attached hydrogen (secondary N) is 1. The Morgan fingerprint density at radius 3 is 2.76 bits per heavy atom. The standard InChI is InChI=1S/C10H15N3O3S/c1-3-6(2)4-7(10(15)16)12-9(14)8-5-11-17-13-8/h5-7H,3-4H2,1-2H3,(H,12,14)(H,15,16). The first-order chi connectivity index (χ1) is 8.04. The predicted molar refractivity (Wildman–Crippen MR) is 62.9 cm³/mol. The van der Waals surface area contributed by atoms with Crippen LogP contribution in [0.25, 0.3) is 0 Å². The Kier molecular flexibility index (Phi) is 5.02. The molecule has 6 nitrogen and oxygen atoms in total. The van der Waals surface area contributed by atoms with E-state index >= 15 is 0 Å². The third kappa shape index (κ3) is 4.10. The Balaban J connectivity index is 2.61. The van der Waals surface area contributed by atoms with Crippen molar-refractivity contribution in [2.45, 2.75) is 32.7 Å². The Morgan fingerprint density at radius 2 is 2.29 bits per heavy atom. The van der Waals surface area contributed by atoms with Crippen molar-refractivity contribution in [2.75, 3.05) is 0 Å². The average molecular weight is 257 g/mol. The van der Waals surface area contributed by atoms with Crippen molar-refractivity contribution in [1.82, 2.24) is 14.1 Å². The van der Waals surface area contributed by atoms with Gasteiger partial charge < -0.3 is 10.4 Å². The normalized spacial score (nSPS) is 14.0. The summed E-state index contributed by atoms with van der Waals surface area (Å²) < 4.78 is 7.45. The lowest BCUT2D eigenvalue weighted by atomic mass is 9.99. The molecule has 17 heavy (non-hydrogen) atoms. The molecular formula is C10H15N3O3S. The van der Waals surface area contributed by atoms with Crippen LogP contribution in [0.4, 0.5) is 0 Å². The predicted octanol–water partition coefficient (Wildman–Crippen LogP) is 1.16. The molecular weight excluding hydrogens is 242 g/mol. The average Bonchev–Trinajstić information content (AvgIpc) is 2.81. The molecule has 1 aromatic heterocycles. The van der Waals surface area contributed by atoms with E-state index in [1.54, 1.807) is 0 Å². The summed E-state index contributed by atoms with van der Waals surface area (Å²) in [5.74, 6) is -1.28. The number of carbonyl (C=O) groups excluding carboxylic acids is 1. The van der Waals surface area contributed by atoms with E-state index in [0.29, 0.717) is 6.42 Å². The van der Waals surface area contributed by atoms with Gasteiger partial charge in [-0.1, -0.05) is 20.3 Å². The quantitative estimate of drug-likeness (QED) is 0.797. The zero-order chi connectivity index (χ0) is 12.8. The van der Waals surface area contributed by atoms with E-state index in [-0.39, 0.29) is 11.6 Å². The number of amides is 1. The molecule has 1 aromatic rings. The number of aromatic nitrogens is 2. The first-order valence-electron chi connectivity index (χ1n) is 5.35. The van der Waals surface area contributed by atoms with Gasteiger partial charge in [0.1, 0.15) is 6.04 Å². The molecule has 2 unspecified atom stereocenters. The number of carbonyl (C=O) groups is 2. The van der Waals surface area contributed by atoms with Gasteiger partial charge in [0.05, 0.1) is 17.9 Å². The van der Waals surface area contributed by atoms with Crippen LogP contribution in [0.1, 0.15) is 37.2 Å². The molecule has 94 valence electrons. The van der Waals surface area contributed by atoms with Crippen molar-refractivity contribution in [2.24, 2.45) is 5.92 Å². The summed E-state index contributed by atoms with van der Waals surface area (Å²) in [6.07, 6.45) is 2.61. The molecule has 2 atom stereocenters. The lowest BCUT2D eigenvalue weighted by Crippen LogP contribution is -2.41. The van der Waals surface area contributed by atoms with Crippen LogP contribution in [0.2, 0.25) is 0 Å². The van der Waals surface area contributed by atoms with Crippen molar-refractivity contribution >= 4 is 23.6 Å². The van der Waals surface area contributed by atoms with Crippen molar-refractivity contribution in [3.8, 4) is 0 Å². The Labute approximate surface area is 103 Å². The summed E-state index contributed by atoms with van der Waals surface area (Å²) in [7, 11) is 0. The van der Waals surface area contributed by atoms with Gasteiger partial charge in [-0.2, -0.15) is 8.75 Å². The second-order valence-corrected chi connectivity index (χ2v) is 4.46. The topological polar surface area (TPSA) is 92.2 Å². The van der Waals surface area contributed by atoms with Crippen LogP contribution in [0.3, 0.4) is 0 Å². The number of carboxylic acid groups (broad SMARTS) is 1. The van der Waals surface area contributed by atoms with E-state index in [2.05, 4.69) is 14.1 Å². The highest BCUT2D eigenvalue weighted by Crippen LogP contribution is 2.10. The zero-order valence-corrected chi connectivity index (χ0v) is 10.5. The maximum absolute atomic E-state index is 11.6. The fourth-order valence-electron chi connectivity index (χ4n) is 1.29. The van der Waals surface area contributed by atoms with E-state index < -0.39 is 17.9 Å². The monoisotopic (exact) mass is 257 g/mol. The molecule has 1 amide bonds. The molecule has 0 radical (unpaired) electrons. The highest BCUT2D eigenvalue weighted by molar-refractivity contribution is 6.99. The largest absolute Gasteiger partial charge is 0.480 e. The van der Waals surface area contributed by atoms with Crippen LogP contribution in [0.15, 0.2) is 6.20 Å². The number of rotatable bonds is 6. The van der Waals surface area contributed by atoms with Gasteiger partial charge in [-0.05, 0) is 12.3 Å². The lowest BCUT2D eigenvalue weighted by Gasteiger charge is -2.17. The van der Waals surface area contributed by atoms with Crippen LogP contribution in [-0.4, -0.2) is 31.8 Å².